The number of esters is 1. The Morgan fingerprint density at radius 2 is 1.74 bits per heavy atom. The zero-order chi connectivity index (χ0) is 25.4. The summed E-state index contributed by atoms with van der Waals surface area (Å²) in [7, 11) is 0. The third kappa shape index (κ3) is 4.68. The van der Waals surface area contributed by atoms with E-state index in [9.17, 15) is 40.2 Å². The highest BCUT2D eigenvalue weighted by atomic mass is 16.7. The number of phenols is 3. The minimum atomic E-state index is -1.81. The third-order valence-electron chi connectivity index (χ3n) is 5.69. The first kappa shape index (κ1) is 24.5. The minimum absolute atomic E-state index is 0.0143. The molecule has 188 valence electrons. The van der Waals surface area contributed by atoms with Crippen LogP contribution in [0.1, 0.15) is 35.4 Å². The van der Waals surface area contributed by atoms with Crippen LogP contribution in [-0.4, -0.2) is 79.7 Å². The molecule has 0 amide bonds. The number of fused-ring (bicyclic) bond motifs is 1. The summed E-state index contributed by atoms with van der Waals surface area (Å²) in [6, 6.07) is 6.26. The maximum Gasteiger partial charge on any atom is 0.338 e. The van der Waals surface area contributed by atoms with Crippen molar-refractivity contribution < 1.29 is 59.2 Å². The van der Waals surface area contributed by atoms with E-state index in [1.54, 1.807) is 0 Å². The van der Waals surface area contributed by atoms with Crippen LogP contribution in [0.25, 0.3) is 0 Å². The van der Waals surface area contributed by atoms with Crippen LogP contribution in [0.4, 0.5) is 0 Å². The van der Waals surface area contributed by atoms with Crippen molar-refractivity contribution in [3.63, 3.8) is 0 Å². The average Bonchev–Trinajstić information content (AvgIpc) is 2.80. The van der Waals surface area contributed by atoms with Gasteiger partial charge in [0.1, 0.15) is 47.2 Å². The quantitative estimate of drug-likeness (QED) is 0.247. The summed E-state index contributed by atoms with van der Waals surface area (Å²) < 4.78 is 21.5. The van der Waals surface area contributed by atoms with Crippen LogP contribution in [0.15, 0.2) is 30.3 Å². The van der Waals surface area contributed by atoms with Crippen molar-refractivity contribution in [1.29, 1.82) is 0 Å². The number of phenolic OH excluding ortho intramolecular Hbond substituents is 3. The molecule has 12 heteroatoms. The Kier molecular flexibility index (Phi) is 6.72. The van der Waals surface area contributed by atoms with Gasteiger partial charge in [-0.2, -0.15) is 0 Å². The molecule has 2 aromatic carbocycles. The first-order valence-corrected chi connectivity index (χ1v) is 10.7. The number of aliphatic hydroxyl groups is 3. The molecule has 12 nitrogen and oxygen atoms in total. The molecule has 4 rings (SSSR count). The first-order chi connectivity index (χ1) is 16.6. The van der Waals surface area contributed by atoms with E-state index in [2.05, 4.69) is 0 Å². The minimum Gasteiger partial charge on any atom is -0.507 e. The molecule has 0 saturated carbocycles. The Morgan fingerprint density at radius 3 is 2.43 bits per heavy atom. The van der Waals surface area contributed by atoms with Gasteiger partial charge in [-0.3, -0.25) is 4.79 Å². The third-order valence-corrected chi connectivity index (χ3v) is 5.69. The molecule has 6 unspecified atom stereocenters. The molecular formula is C23H24O12. The van der Waals surface area contributed by atoms with Crippen molar-refractivity contribution in [3.05, 3.63) is 41.5 Å². The molecular weight excluding hydrogens is 468 g/mol. The summed E-state index contributed by atoms with van der Waals surface area (Å²) in [6.45, 7) is 1.52. The van der Waals surface area contributed by atoms with Gasteiger partial charge in [0.2, 0.25) is 6.29 Å². The normalized spacial score (nSPS) is 28.1. The van der Waals surface area contributed by atoms with Crippen molar-refractivity contribution in [1.82, 2.24) is 0 Å². The summed E-state index contributed by atoms with van der Waals surface area (Å²) >= 11 is 0. The summed E-state index contributed by atoms with van der Waals surface area (Å²) in [5.74, 6) is -2.86. The molecule has 1 saturated heterocycles. The fourth-order valence-corrected chi connectivity index (χ4v) is 3.91. The van der Waals surface area contributed by atoms with Gasteiger partial charge in [0.15, 0.2) is 23.4 Å². The summed E-state index contributed by atoms with van der Waals surface area (Å²) in [4.78, 5) is 24.8. The van der Waals surface area contributed by atoms with Crippen LogP contribution in [0.2, 0.25) is 0 Å². The van der Waals surface area contributed by atoms with E-state index >= 15 is 0 Å². The van der Waals surface area contributed by atoms with Gasteiger partial charge in [-0.05, 0) is 24.6 Å². The topological polar surface area (TPSA) is 192 Å². The second-order valence-corrected chi connectivity index (χ2v) is 8.06. The number of rotatable bonds is 5. The highest BCUT2D eigenvalue weighted by Gasteiger charge is 2.48. The molecule has 35 heavy (non-hydrogen) atoms. The van der Waals surface area contributed by atoms with Crippen molar-refractivity contribution in [2.75, 3.05) is 6.61 Å². The van der Waals surface area contributed by atoms with Gasteiger partial charge in [-0.25, -0.2) is 4.79 Å². The van der Waals surface area contributed by atoms with Crippen LogP contribution in [0.5, 0.6) is 28.7 Å². The lowest BCUT2D eigenvalue weighted by molar-refractivity contribution is -0.272. The lowest BCUT2D eigenvalue weighted by Crippen LogP contribution is -2.61. The number of carbonyl (C=O) groups excluding carboxylic acids is 2. The van der Waals surface area contributed by atoms with Crippen molar-refractivity contribution in [2.24, 2.45) is 0 Å². The number of Topliss-reactive ketones (excluding diaryl/α,β-unsaturated/α-hetero) is 1. The second-order valence-electron chi connectivity index (χ2n) is 8.06. The number of benzene rings is 2. The Morgan fingerprint density at radius 1 is 1.00 bits per heavy atom. The van der Waals surface area contributed by atoms with E-state index in [0.29, 0.717) is 5.56 Å². The smallest absolute Gasteiger partial charge is 0.338 e. The number of ketones is 1. The lowest BCUT2D eigenvalue weighted by atomic mass is 9.95. The molecule has 2 aliphatic rings. The van der Waals surface area contributed by atoms with E-state index in [4.69, 9.17) is 18.9 Å². The van der Waals surface area contributed by atoms with Crippen molar-refractivity contribution in [2.45, 2.75) is 50.2 Å². The van der Waals surface area contributed by atoms with Gasteiger partial charge in [0, 0.05) is 12.1 Å². The standard InChI is InChI=1S/C23H24O12/c1-2-32-22(31)21-19(29)18(28)20(30)23(35-21)33-10-6-13(26)17-14(27)8-15(34-16(17)7-10)9-3-4-11(24)12(25)5-9/h3-7,15,18-21,23-26,28-30H,2,8H2,1H3. The zero-order valence-electron chi connectivity index (χ0n) is 18.4. The largest absolute Gasteiger partial charge is 0.507 e. The number of aromatic hydroxyl groups is 3. The number of ether oxygens (including phenoxy) is 4. The Labute approximate surface area is 198 Å². The van der Waals surface area contributed by atoms with Gasteiger partial charge in [0.05, 0.1) is 13.0 Å². The fourth-order valence-electron chi connectivity index (χ4n) is 3.91. The predicted octanol–water partition coefficient (Wildman–Crippen LogP) is 0.259. The number of hydrogen-bond acceptors (Lipinski definition) is 12. The average molecular weight is 492 g/mol. The summed E-state index contributed by atoms with van der Waals surface area (Å²) in [5.41, 5.74) is 0.284. The molecule has 0 spiro atoms. The van der Waals surface area contributed by atoms with Crippen LogP contribution >= 0.6 is 0 Å². The second kappa shape index (κ2) is 9.58. The zero-order valence-corrected chi connectivity index (χ0v) is 18.4. The molecule has 2 aliphatic heterocycles. The van der Waals surface area contributed by atoms with Gasteiger partial charge in [-0.1, -0.05) is 6.07 Å². The summed E-state index contributed by atoms with van der Waals surface area (Å²) in [5, 5.41) is 60.2. The molecule has 6 atom stereocenters. The lowest BCUT2D eigenvalue weighted by Gasteiger charge is -2.39. The predicted molar refractivity (Wildman–Crippen MR) is 114 cm³/mol. The Balaban J connectivity index is 1.59. The maximum atomic E-state index is 12.7. The van der Waals surface area contributed by atoms with E-state index in [0.717, 1.165) is 6.07 Å². The Bertz CT molecular complexity index is 1130. The number of hydrogen-bond donors (Lipinski definition) is 6. The first-order valence-electron chi connectivity index (χ1n) is 10.7. The molecule has 0 bridgehead atoms. The Hall–Kier alpha value is -3.58. The fraction of sp³-hybridized carbons (Fsp3) is 0.391. The van der Waals surface area contributed by atoms with Gasteiger partial charge in [0.25, 0.3) is 0 Å². The molecule has 0 aliphatic carbocycles. The molecule has 6 N–H and O–H groups in total. The van der Waals surface area contributed by atoms with E-state index in [-0.39, 0.29) is 35.8 Å². The molecule has 1 fully saturated rings. The molecule has 0 radical (unpaired) electrons. The molecule has 2 heterocycles. The van der Waals surface area contributed by atoms with E-state index < -0.39 is 60.1 Å². The highest BCUT2D eigenvalue weighted by molar-refractivity contribution is 6.02. The monoisotopic (exact) mass is 492 g/mol. The van der Waals surface area contributed by atoms with Gasteiger partial charge >= 0.3 is 5.97 Å². The number of aliphatic hydroxyl groups excluding tert-OH is 3. The molecule has 0 aromatic heterocycles. The van der Waals surface area contributed by atoms with Crippen LogP contribution in [0, 0.1) is 0 Å². The van der Waals surface area contributed by atoms with Gasteiger partial charge < -0.3 is 49.6 Å². The van der Waals surface area contributed by atoms with Crippen LogP contribution in [0.3, 0.4) is 0 Å². The van der Waals surface area contributed by atoms with Gasteiger partial charge in [-0.15, -0.1) is 0 Å². The summed E-state index contributed by atoms with van der Waals surface area (Å²) in [6.07, 6.45) is -9.65. The highest BCUT2D eigenvalue weighted by Crippen LogP contribution is 2.43. The number of carbonyl (C=O) groups is 2. The van der Waals surface area contributed by atoms with Crippen molar-refractivity contribution >= 4 is 11.8 Å². The van der Waals surface area contributed by atoms with E-state index in [1.165, 1.54) is 31.2 Å². The van der Waals surface area contributed by atoms with Crippen LogP contribution in [-0.2, 0) is 14.3 Å². The van der Waals surface area contributed by atoms with E-state index in [1.807, 2.05) is 0 Å². The van der Waals surface area contributed by atoms with Crippen molar-refractivity contribution in [3.8, 4) is 28.7 Å². The maximum absolute atomic E-state index is 12.7. The SMILES string of the molecule is CCOC(=O)C1OC(Oc2cc(O)c3c(c2)OC(c2ccc(O)c(O)c2)CC3=O)C(O)C(O)C1O. The van der Waals surface area contributed by atoms with Crippen LogP contribution < -0.4 is 9.47 Å². The molecule has 2 aromatic rings.